The molecule has 0 heterocycles. The molecule has 0 fully saturated rings. The third kappa shape index (κ3) is 3.34. The van der Waals surface area contributed by atoms with Crippen molar-refractivity contribution in [3.8, 4) is 0 Å². The molecule has 0 radical (unpaired) electrons. The van der Waals surface area contributed by atoms with E-state index in [0.29, 0.717) is 10.2 Å². The van der Waals surface area contributed by atoms with E-state index in [9.17, 15) is 13.6 Å². The van der Waals surface area contributed by atoms with E-state index in [-0.39, 0.29) is 10.0 Å². The molecule has 2 rings (SSSR count). The molecule has 1 amide bonds. The summed E-state index contributed by atoms with van der Waals surface area (Å²) in [5.74, 6) is -2.39. The van der Waals surface area contributed by atoms with Crippen LogP contribution in [0.5, 0.6) is 0 Å². The Morgan fingerprint density at radius 3 is 2.10 bits per heavy atom. The fourth-order valence-corrected chi connectivity index (χ4v) is 2.50. The van der Waals surface area contributed by atoms with E-state index in [1.807, 2.05) is 0 Å². The number of hydrogen-bond acceptors (Lipinski definition) is 2. The number of nitrogens with two attached hydrogens (primary N) is 1. The Morgan fingerprint density at radius 2 is 1.55 bits per heavy atom. The Morgan fingerprint density at radius 1 is 1.00 bits per heavy atom. The molecule has 0 saturated heterocycles. The van der Waals surface area contributed by atoms with Gasteiger partial charge in [-0.25, -0.2) is 8.78 Å². The Kier molecular flexibility index (Phi) is 4.39. The number of anilines is 2. The first-order chi connectivity index (χ1) is 9.36. The predicted octanol–water partition coefficient (Wildman–Crippen LogP) is 4.32. The Balaban J connectivity index is 2.32. The van der Waals surface area contributed by atoms with Gasteiger partial charge in [-0.1, -0.05) is 31.9 Å². The first-order valence-electron chi connectivity index (χ1n) is 5.39. The lowest BCUT2D eigenvalue weighted by molar-refractivity contribution is 0.102. The molecule has 0 unspecified atom stereocenters. The van der Waals surface area contributed by atoms with E-state index in [1.165, 1.54) is 12.1 Å². The summed E-state index contributed by atoms with van der Waals surface area (Å²) in [6.45, 7) is 0. The summed E-state index contributed by atoms with van der Waals surface area (Å²) >= 11 is 6.15. The van der Waals surface area contributed by atoms with Crippen LogP contribution in [0.1, 0.15) is 10.4 Å². The van der Waals surface area contributed by atoms with Crippen LogP contribution < -0.4 is 11.1 Å². The highest BCUT2D eigenvalue weighted by Gasteiger charge is 2.15. The summed E-state index contributed by atoms with van der Waals surface area (Å²) < 4.78 is 28.1. The number of carbonyl (C=O) groups excluding carboxylic acids is 1. The van der Waals surface area contributed by atoms with Crippen molar-refractivity contribution >= 4 is 49.1 Å². The zero-order valence-corrected chi connectivity index (χ0v) is 13.1. The molecule has 0 aromatic heterocycles. The lowest BCUT2D eigenvalue weighted by atomic mass is 10.2. The van der Waals surface area contributed by atoms with Gasteiger partial charge in [-0.2, -0.15) is 0 Å². The van der Waals surface area contributed by atoms with Crippen LogP contribution in [0.4, 0.5) is 20.2 Å². The van der Waals surface area contributed by atoms with Crippen LogP contribution in [0, 0.1) is 11.6 Å². The number of benzene rings is 2. The highest BCUT2D eigenvalue weighted by molar-refractivity contribution is 9.10. The molecule has 3 N–H and O–H groups in total. The minimum atomic E-state index is -0.867. The maximum Gasteiger partial charge on any atom is 0.255 e. The minimum absolute atomic E-state index is 0.193. The van der Waals surface area contributed by atoms with E-state index in [2.05, 4.69) is 37.2 Å². The summed E-state index contributed by atoms with van der Waals surface area (Å²) in [7, 11) is 0. The second-order valence-corrected chi connectivity index (χ2v) is 5.80. The zero-order valence-electron chi connectivity index (χ0n) is 9.88. The molecule has 0 atom stereocenters. The van der Waals surface area contributed by atoms with Gasteiger partial charge in [-0.3, -0.25) is 4.79 Å². The van der Waals surface area contributed by atoms with E-state index < -0.39 is 23.2 Å². The molecule has 0 aliphatic carbocycles. The topological polar surface area (TPSA) is 55.1 Å². The van der Waals surface area contributed by atoms with Crippen LogP contribution in [0.25, 0.3) is 0 Å². The Bertz CT molecular complexity index is 649. The molecule has 2 aromatic carbocycles. The van der Waals surface area contributed by atoms with Gasteiger partial charge in [0, 0.05) is 20.2 Å². The summed E-state index contributed by atoms with van der Waals surface area (Å²) in [5, 5.41) is 2.19. The third-order valence-electron chi connectivity index (χ3n) is 2.43. The van der Waals surface area contributed by atoms with Gasteiger partial charge >= 0.3 is 0 Å². The van der Waals surface area contributed by atoms with E-state index in [4.69, 9.17) is 5.73 Å². The van der Waals surface area contributed by atoms with Gasteiger partial charge in [0.25, 0.3) is 5.91 Å². The molecule has 0 bridgehead atoms. The number of nitrogen functional groups attached to an aromatic ring is 1. The molecule has 0 aliphatic rings. The van der Waals surface area contributed by atoms with E-state index in [0.717, 1.165) is 12.1 Å². The first kappa shape index (κ1) is 14.9. The van der Waals surface area contributed by atoms with Crippen molar-refractivity contribution in [1.29, 1.82) is 0 Å². The van der Waals surface area contributed by atoms with Crippen molar-refractivity contribution in [2.24, 2.45) is 0 Å². The summed E-state index contributed by atoms with van der Waals surface area (Å²) in [6, 6.07) is 6.65. The van der Waals surface area contributed by atoms with Crippen molar-refractivity contribution < 1.29 is 13.6 Å². The second kappa shape index (κ2) is 5.88. The number of rotatable bonds is 2. The van der Waals surface area contributed by atoms with Gasteiger partial charge in [-0.05, 0) is 30.3 Å². The molecule has 7 heteroatoms. The van der Waals surface area contributed by atoms with Crippen LogP contribution >= 0.6 is 31.9 Å². The van der Waals surface area contributed by atoms with Crippen LogP contribution in [0.2, 0.25) is 0 Å². The van der Waals surface area contributed by atoms with E-state index in [1.54, 1.807) is 6.07 Å². The number of halogens is 4. The summed E-state index contributed by atoms with van der Waals surface area (Å²) in [4.78, 5) is 12.0. The number of carbonyl (C=O) groups is 1. The fraction of sp³-hybridized carbons (Fsp3) is 0. The molecule has 2 aromatic rings. The van der Waals surface area contributed by atoms with Crippen LogP contribution in [0.15, 0.2) is 39.3 Å². The van der Waals surface area contributed by atoms with Gasteiger partial charge in [0.2, 0.25) is 0 Å². The minimum Gasteiger partial charge on any atom is -0.399 e. The number of nitrogens with one attached hydrogen (secondary N) is 1. The third-order valence-corrected chi connectivity index (χ3v) is 3.34. The van der Waals surface area contributed by atoms with Crippen molar-refractivity contribution in [2.45, 2.75) is 0 Å². The monoisotopic (exact) mass is 404 g/mol. The van der Waals surface area contributed by atoms with Crippen molar-refractivity contribution in [1.82, 2.24) is 0 Å². The van der Waals surface area contributed by atoms with Gasteiger partial charge in [0.05, 0.1) is 0 Å². The van der Waals surface area contributed by atoms with Crippen molar-refractivity contribution in [3.05, 3.63) is 56.5 Å². The van der Waals surface area contributed by atoms with Crippen molar-refractivity contribution in [3.63, 3.8) is 0 Å². The zero-order chi connectivity index (χ0) is 14.9. The fourth-order valence-electron chi connectivity index (χ4n) is 1.59. The molecule has 0 spiro atoms. The molecular formula is C13H8Br2F2N2O. The molecular weight excluding hydrogens is 398 g/mol. The largest absolute Gasteiger partial charge is 0.399 e. The Hall–Kier alpha value is -1.47. The predicted molar refractivity (Wildman–Crippen MR) is 80.6 cm³/mol. The molecule has 3 nitrogen and oxygen atoms in total. The summed E-state index contributed by atoms with van der Waals surface area (Å²) in [5.41, 5.74) is 5.66. The maximum atomic E-state index is 13.6. The normalized spacial score (nSPS) is 10.4. The van der Waals surface area contributed by atoms with Gasteiger partial charge in [0.1, 0.15) is 5.69 Å². The number of amides is 1. The lowest BCUT2D eigenvalue weighted by Gasteiger charge is -2.09. The molecule has 0 saturated carbocycles. The second-order valence-electron chi connectivity index (χ2n) is 3.97. The Labute approximate surface area is 130 Å². The molecule has 104 valence electrons. The average molecular weight is 406 g/mol. The smallest absolute Gasteiger partial charge is 0.255 e. The van der Waals surface area contributed by atoms with Crippen LogP contribution in [0.3, 0.4) is 0 Å². The van der Waals surface area contributed by atoms with Crippen LogP contribution in [-0.4, -0.2) is 5.91 Å². The molecule has 0 aliphatic heterocycles. The SMILES string of the molecule is Nc1cc(Br)cc(C(=O)Nc2c(F)cc(Br)cc2F)c1. The van der Waals surface area contributed by atoms with Crippen LogP contribution in [-0.2, 0) is 0 Å². The van der Waals surface area contributed by atoms with Crippen molar-refractivity contribution in [2.75, 3.05) is 11.1 Å². The average Bonchev–Trinajstić information content (AvgIpc) is 2.32. The van der Waals surface area contributed by atoms with Gasteiger partial charge in [0.15, 0.2) is 11.6 Å². The van der Waals surface area contributed by atoms with Gasteiger partial charge < -0.3 is 11.1 Å². The highest BCUT2D eigenvalue weighted by Crippen LogP contribution is 2.25. The maximum absolute atomic E-state index is 13.6. The molecule has 20 heavy (non-hydrogen) atoms. The summed E-state index contributed by atoms with van der Waals surface area (Å²) in [6.07, 6.45) is 0. The standard InChI is InChI=1S/C13H8Br2F2N2O/c14-7-1-6(2-9(18)3-7)13(20)19-12-10(16)4-8(15)5-11(12)17/h1-5H,18H2,(H,19,20). The number of hydrogen-bond donors (Lipinski definition) is 2. The van der Waals surface area contributed by atoms with E-state index >= 15 is 0 Å². The van der Waals surface area contributed by atoms with Gasteiger partial charge in [-0.15, -0.1) is 0 Å². The lowest BCUT2D eigenvalue weighted by Crippen LogP contribution is -2.14. The highest BCUT2D eigenvalue weighted by atomic mass is 79.9. The first-order valence-corrected chi connectivity index (χ1v) is 6.97. The quantitative estimate of drug-likeness (QED) is 0.731.